The average molecular weight is 231 g/mol. The second kappa shape index (κ2) is 3.76. The molecule has 2 fully saturated rings. The smallest absolute Gasteiger partial charge is 0.411 e. The van der Waals surface area contributed by atoms with Crippen molar-refractivity contribution in [2.75, 3.05) is 6.54 Å². The predicted octanol–water partition coefficient (Wildman–Crippen LogP) is 2.91. The van der Waals surface area contributed by atoms with Gasteiger partial charge in [0.15, 0.2) is 5.60 Å². The van der Waals surface area contributed by atoms with E-state index in [2.05, 4.69) is 0 Å². The van der Waals surface area contributed by atoms with Crippen molar-refractivity contribution in [2.24, 2.45) is 0 Å². The summed E-state index contributed by atoms with van der Waals surface area (Å²) in [5.74, 6) is 0. The van der Waals surface area contributed by atoms with Crippen LogP contribution in [0, 0.1) is 0 Å². The highest BCUT2D eigenvalue weighted by Crippen LogP contribution is 2.42. The summed E-state index contributed by atoms with van der Waals surface area (Å²) in [5.41, 5.74) is 0.626. The SMILES string of the molecule is CC1(c2ccccc2)OC(=O)N2CCCCC21. The number of nitrogens with zero attached hydrogens (tertiary/aromatic N) is 1. The van der Waals surface area contributed by atoms with E-state index in [0.717, 1.165) is 24.9 Å². The quantitative estimate of drug-likeness (QED) is 0.743. The first-order valence-electron chi connectivity index (χ1n) is 6.27. The van der Waals surface area contributed by atoms with E-state index in [1.807, 2.05) is 42.2 Å². The van der Waals surface area contributed by atoms with E-state index in [1.165, 1.54) is 6.42 Å². The number of cyclic esters (lactones) is 1. The Morgan fingerprint density at radius 1 is 1.29 bits per heavy atom. The largest absolute Gasteiger partial charge is 0.436 e. The summed E-state index contributed by atoms with van der Waals surface area (Å²) < 4.78 is 5.67. The minimum atomic E-state index is -0.473. The van der Waals surface area contributed by atoms with E-state index in [1.54, 1.807) is 0 Å². The Hall–Kier alpha value is -1.51. The predicted molar refractivity (Wildman–Crippen MR) is 64.6 cm³/mol. The highest BCUT2D eigenvalue weighted by atomic mass is 16.6. The summed E-state index contributed by atoms with van der Waals surface area (Å²) in [6, 6.07) is 10.3. The first kappa shape index (κ1) is 10.6. The van der Waals surface area contributed by atoms with Gasteiger partial charge in [0.25, 0.3) is 0 Å². The molecule has 1 aromatic rings. The second-order valence-corrected chi connectivity index (χ2v) is 5.05. The van der Waals surface area contributed by atoms with Gasteiger partial charge in [0.2, 0.25) is 0 Å². The standard InChI is InChI=1S/C14H17NO2/c1-14(11-7-3-2-4-8-11)12-9-5-6-10-15(12)13(16)17-14/h2-4,7-8,12H,5-6,9-10H2,1H3. The van der Waals surface area contributed by atoms with Crippen molar-refractivity contribution in [1.29, 1.82) is 0 Å². The maximum atomic E-state index is 11.9. The molecule has 1 amide bonds. The molecular formula is C14H17NO2. The zero-order valence-electron chi connectivity index (χ0n) is 10.1. The van der Waals surface area contributed by atoms with Crippen LogP contribution in [0.15, 0.2) is 30.3 Å². The molecule has 3 nitrogen and oxygen atoms in total. The van der Waals surface area contributed by atoms with E-state index in [-0.39, 0.29) is 12.1 Å². The van der Waals surface area contributed by atoms with Crippen LogP contribution >= 0.6 is 0 Å². The number of amides is 1. The fourth-order valence-electron chi connectivity index (χ4n) is 3.05. The lowest BCUT2D eigenvalue weighted by Gasteiger charge is -2.35. The maximum absolute atomic E-state index is 11.9. The number of hydrogen-bond donors (Lipinski definition) is 0. The van der Waals surface area contributed by atoms with Gasteiger partial charge < -0.3 is 9.64 Å². The highest BCUT2D eigenvalue weighted by Gasteiger charge is 2.52. The fraction of sp³-hybridized carbons (Fsp3) is 0.500. The molecule has 0 spiro atoms. The normalized spacial score (nSPS) is 32.2. The molecule has 0 bridgehead atoms. The van der Waals surface area contributed by atoms with Gasteiger partial charge in [0.1, 0.15) is 0 Å². The van der Waals surface area contributed by atoms with Crippen molar-refractivity contribution in [3.05, 3.63) is 35.9 Å². The topological polar surface area (TPSA) is 29.5 Å². The lowest BCUT2D eigenvalue weighted by atomic mass is 9.83. The molecule has 3 rings (SSSR count). The maximum Gasteiger partial charge on any atom is 0.411 e. The summed E-state index contributed by atoms with van der Waals surface area (Å²) in [6.45, 7) is 2.88. The van der Waals surface area contributed by atoms with E-state index in [0.29, 0.717) is 0 Å². The summed E-state index contributed by atoms with van der Waals surface area (Å²) >= 11 is 0. The molecule has 0 saturated carbocycles. The number of piperidine rings is 1. The van der Waals surface area contributed by atoms with Crippen LogP contribution in [-0.2, 0) is 10.3 Å². The van der Waals surface area contributed by atoms with Crippen molar-refractivity contribution < 1.29 is 9.53 Å². The summed E-state index contributed by atoms with van der Waals surface area (Å²) in [5, 5.41) is 0. The molecule has 90 valence electrons. The van der Waals surface area contributed by atoms with Gasteiger partial charge in [-0.2, -0.15) is 0 Å². The molecule has 2 saturated heterocycles. The van der Waals surface area contributed by atoms with Gasteiger partial charge in [-0.1, -0.05) is 30.3 Å². The van der Waals surface area contributed by atoms with Crippen LogP contribution in [0.25, 0.3) is 0 Å². The fourth-order valence-corrected chi connectivity index (χ4v) is 3.05. The average Bonchev–Trinajstić information content (AvgIpc) is 2.65. The number of carbonyl (C=O) groups is 1. The third-order valence-electron chi connectivity index (χ3n) is 4.02. The Kier molecular flexibility index (Phi) is 2.35. The van der Waals surface area contributed by atoms with E-state index >= 15 is 0 Å². The second-order valence-electron chi connectivity index (χ2n) is 5.05. The van der Waals surface area contributed by atoms with Gasteiger partial charge in [0.05, 0.1) is 6.04 Å². The van der Waals surface area contributed by atoms with Gasteiger partial charge in [-0.3, -0.25) is 0 Å². The summed E-state index contributed by atoms with van der Waals surface area (Å²) in [6.07, 6.45) is 3.16. The van der Waals surface area contributed by atoms with Crippen LogP contribution in [0.3, 0.4) is 0 Å². The summed E-state index contributed by atoms with van der Waals surface area (Å²) in [7, 11) is 0. The first-order chi connectivity index (χ1) is 8.22. The molecule has 0 radical (unpaired) electrons. The highest BCUT2D eigenvalue weighted by molar-refractivity contribution is 5.72. The zero-order valence-corrected chi connectivity index (χ0v) is 10.1. The number of benzene rings is 1. The van der Waals surface area contributed by atoms with Crippen molar-refractivity contribution in [1.82, 2.24) is 4.90 Å². The van der Waals surface area contributed by atoms with Gasteiger partial charge in [-0.25, -0.2) is 4.79 Å². The number of carbonyl (C=O) groups excluding carboxylic acids is 1. The Balaban J connectivity index is 2.00. The van der Waals surface area contributed by atoms with Crippen LogP contribution in [0.2, 0.25) is 0 Å². The molecule has 0 aromatic heterocycles. The Bertz CT molecular complexity index is 431. The summed E-state index contributed by atoms with van der Waals surface area (Å²) in [4.78, 5) is 13.8. The lowest BCUT2D eigenvalue weighted by Crippen LogP contribution is -2.44. The molecule has 3 heteroatoms. The van der Waals surface area contributed by atoms with Crippen molar-refractivity contribution in [3.63, 3.8) is 0 Å². The zero-order chi connectivity index (χ0) is 11.9. The third kappa shape index (κ3) is 1.53. The molecule has 2 atom stereocenters. The van der Waals surface area contributed by atoms with Crippen LogP contribution in [-0.4, -0.2) is 23.6 Å². The molecule has 17 heavy (non-hydrogen) atoms. The molecule has 0 N–H and O–H groups in total. The first-order valence-corrected chi connectivity index (χ1v) is 6.27. The number of hydrogen-bond acceptors (Lipinski definition) is 2. The third-order valence-corrected chi connectivity index (χ3v) is 4.02. The van der Waals surface area contributed by atoms with Crippen molar-refractivity contribution >= 4 is 6.09 Å². The number of rotatable bonds is 1. The molecule has 1 aromatic carbocycles. The van der Waals surface area contributed by atoms with Gasteiger partial charge in [-0.15, -0.1) is 0 Å². The van der Waals surface area contributed by atoms with Crippen LogP contribution < -0.4 is 0 Å². The monoisotopic (exact) mass is 231 g/mol. The molecule has 2 unspecified atom stereocenters. The van der Waals surface area contributed by atoms with Crippen molar-refractivity contribution in [2.45, 2.75) is 37.8 Å². The van der Waals surface area contributed by atoms with Gasteiger partial charge >= 0.3 is 6.09 Å². The van der Waals surface area contributed by atoms with Crippen molar-refractivity contribution in [3.8, 4) is 0 Å². The molecular weight excluding hydrogens is 214 g/mol. The number of ether oxygens (including phenoxy) is 1. The van der Waals surface area contributed by atoms with E-state index in [4.69, 9.17) is 4.74 Å². The molecule has 0 aliphatic carbocycles. The number of fused-ring (bicyclic) bond motifs is 1. The molecule has 2 aliphatic heterocycles. The van der Waals surface area contributed by atoms with Crippen LogP contribution in [0.1, 0.15) is 31.7 Å². The molecule has 2 heterocycles. The lowest BCUT2D eigenvalue weighted by molar-refractivity contribution is 0.0425. The van der Waals surface area contributed by atoms with Crippen LogP contribution in [0.4, 0.5) is 4.79 Å². The minimum Gasteiger partial charge on any atom is -0.436 e. The Morgan fingerprint density at radius 2 is 2.06 bits per heavy atom. The minimum absolute atomic E-state index is 0.152. The van der Waals surface area contributed by atoms with E-state index in [9.17, 15) is 4.79 Å². The Morgan fingerprint density at radius 3 is 2.82 bits per heavy atom. The van der Waals surface area contributed by atoms with Gasteiger partial charge in [-0.05, 0) is 31.7 Å². The van der Waals surface area contributed by atoms with Gasteiger partial charge in [0, 0.05) is 6.54 Å². The Labute approximate surface area is 101 Å². The molecule has 2 aliphatic rings. The van der Waals surface area contributed by atoms with Crippen LogP contribution in [0.5, 0.6) is 0 Å². The van der Waals surface area contributed by atoms with E-state index < -0.39 is 5.60 Å².